The summed E-state index contributed by atoms with van der Waals surface area (Å²) in [6.45, 7) is 0.0485. The van der Waals surface area contributed by atoms with Crippen LogP contribution in [0.1, 0.15) is 37.2 Å². The number of anilines is 2. The van der Waals surface area contributed by atoms with Crippen LogP contribution in [0.25, 0.3) is 0 Å². The van der Waals surface area contributed by atoms with Gasteiger partial charge in [-0.1, -0.05) is 23.2 Å². The Hall–Kier alpha value is -2.80. The number of carbonyl (C=O) groups is 2. The largest absolute Gasteiger partial charge is 0.417 e. The molecular formula is C20H16Cl2F3N5O3S. The summed E-state index contributed by atoms with van der Waals surface area (Å²) in [5.41, 5.74) is -1.13. The second kappa shape index (κ2) is 11.1. The fourth-order valence-corrected chi connectivity index (χ4v) is 4.05. The van der Waals surface area contributed by atoms with Crippen molar-refractivity contribution in [2.24, 2.45) is 0 Å². The normalized spacial score (nSPS) is 11.4. The molecule has 8 nitrogen and oxygen atoms in total. The number of aliphatic hydroxyl groups is 1. The SMILES string of the molecule is O=C(Nc1ccc(Cl)c(C(F)(F)F)c1)c1cnc(CCC(=O)c2ncnc(NCCO)c2Cl)s1. The summed E-state index contributed by atoms with van der Waals surface area (Å²) in [6, 6.07) is 3.05. The zero-order valence-corrected chi connectivity index (χ0v) is 19.4. The molecule has 0 radical (unpaired) electrons. The Balaban J connectivity index is 1.63. The van der Waals surface area contributed by atoms with E-state index in [1.807, 2.05) is 0 Å². The van der Waals surface area contributed by atoms with Crippen LogP contribution in [-0.4, -0.2) is 44.9 Å². The van der Waals surface area contributed by atoms with Gasteiger partial charge in [0, 0.05) is 25.1 Å². The van der Waals surface area contributed by atoms with Crippen molar-refractivity contribution in [2.45, 2.75) is 19.0 Å². The number of nitrogens with zero attached hydrogens (tertiary/aromatic N) is 3. The number of rotatable bonds is 9. The maximum Gasteiger partial charge on any atom is 0.417 e. The van der Waals surface area contributed by atoms with Crippen LogP contribution in [0, 0.1) is 0 Å². The topological polar surface area (TPSA) is 117 Å². The van der Waals surface area contributed by atoms with Gasteiger partial charge in [-0.15, -0.1) is 11.3 Å². The van der Waals surface area contributed by atoms with Crippen LogP contribution in [0.2, 0.25) is 10.0 Å². The Morgan fingerprint density at radius 1 is 1.15 bits per heavy atom. The van der Waals surface area contributed by atoms with Gasteiger partial charge in [0.05, 0.1) is 28.4 Å². The first-order chi connectivity index (χ1) is 16.1. The highest BCUT2D eigenvalue weighted by molar-refractivity contribution is 7.13. The van der Waals surface area contributed by atoms with Crippen LogP contribution in [-0.2, 0) is 12.6 Å². The van der Waals surface area contributed by atoms with Gasteiger partial charge < -0.3 is 15.7 Å². The lowest BCUT2D eigenvalue weighted by Gasteiger charge is -2.11. The number of aryl methyl sites for hydroxylation is 1. The number of aliphatic hydroxyl groups excluding tert-OH is 1. The number of ketones is 1. The lowest BCUT2D eigenvalue weighted by Crippen LogP contribution is -2.12. The van der Waals surface area contributed by atoms with Gasteiger partial charge in [-0.25, -0.2) is 15.0 Å². The number of thiazole rings is 1. The van der Waals surface area contributed by atoms with Gasteiger partial charge in [0.1, 0.15) is 27.7 Å². The molecule has 0 saturated carbocycles. The lowest BCUT2D eigenvalue weighted by atomic mass is 10.1. The van der Waals surface area contributed by atoms with Gasteiger partial charge in [0.2, 0.25) is 0 Å². The van der Waals surface area contributed by atoms with Crippen molar-refractivity contribution in [3.63, 3.8) is 0 Å². The Morgan fingerprint density at radius 3 is 2.62 bits per heavy atom. The van der Waals surface area contributed by atoms with Crippen molar-refractivity contribution < 1.29 is 27.9 Å². The van der Waals surface area contributed by atoms with Crippen LogP contribution < -0.4 is 10.6 Å². The van der Waals surface area contributed by atoms with Gasteiger partial charge >= 0.3 is 6.18 Å². The summed E-state index contributed by atoms with van der Waals surface area (Å²) in [4.78, 5) is 37.0. The highest BCUT2D eigenvalue weighted by Crippen LogP contribution is 2.36. The van der Waals surface area contributed by atoms with Gasteiger partial charge in [0.25, 0.3) is 5.91 Å². The molecule has 0 spiro atoms. The number of alkyl halides is 3. The molecule has 0 fully saturated rings. The second-order valence-corrected chi connectivity index (χ2v) is 8.62. The molecule has 180 valence electrons. The average Bonchev–Trinajstić information content (AvgIpc) is 3.26. The van der Waals surface area contributed by atoms with E-state index in [1.165, 1.54) is 18.6 Å². The molecule has 3 N–H and O–H groups in total. The van der Waals surface area contributed by atoms with Crippen molar-refractivity contribution in [1.29, 1.82) is 0 Å². The average molecular weight is 534 g/mol. The number of aromatic nitrogens is 3. The first kappa shape index (κ1) is 25.8. The summed E-state index contributed by atoms with van der Waals surface area (Å²) in [7, 11) is 0. The third kappa shape index (κ3) is 6.41. The summed E-state index contributed by atoms with van der Waals surface area (Å²) >= 11 is 12.7. The van der Waals surface area contributed by atoms with Crippen LogP contribution in [0.15, 0.2) is 30.7 Å². The molecule has 34 heavy (non-hydrogen) atoms. The van der Waals surface area contributed by atoms with E-state index in [-0.39, 0.29) is 58.9 Å². The summed E-state index contributed by atoms with van der Waals surface area (Å²) in [5.74, 6) is -0.802. The number of Topliss-reactive ketones (excluding diaryl/α,β-unsaturated/α-hetero) is 1. The Kier molecular flexibility index (Phi) is 8.42. The molecule has 0 bridgehead atoms. The molecule has 0 aliphatic rings. The molecule has 14 heteroatoms. The molecule has 0 atom stereocenters. The molecule has 2 aromatic heterocycles. The van der Waals surface area contributed by atoms with E-state index < -0.39 is 22.7 Å². The van der Waals surface area contributed by atoms with Gasteiger partial charge in [-0.2, -0.15) is 13.2 Å². The van der Waals surface area contributed by atoms with Gasteiger partial charge in [0.15, 0.2) is 5.78 Å². The van der Waals surface area contributed by atoms with Crippen LogP contribution in [0.5, 0.6) is 0 Å². The van der Waals surface area contributed by atoms with Crippen LogP contribution >= 0.6 is 34.5 Å². The van der Waals surface area contributed by atoms with E-state index in [0.717, 1.165) is 23.5 Å². The molecule has 3 rings (SSSR count). The first-order valence-electron chi connectivity index (χ1n) is 9.61. The van der Waals surface area contributed by atoms with E-state index in [4.69, 9.17) is 28.3 Å². The summed E-state index contributed by atoms with van der Waals surface area (Å²) < 4.78 is 39.0. The highest BCUT2D eigenvalue weighted by atomic mass is 35.5. The van der Waals surface area contributed by atoms with Crippen LogP contribution in [0.4, 0.5) is 24.7 Å². The second-order valence-electron chi connectivity index (χ2n) is 6.72. The maximum atomic E-state index is 13.0. The number of carbonyl (C=O) groups excluding carboxylic acids is 2. The predicted octanol–water partition coefficient (Wildman–Crippen LogP) is 4.73. The van der Waals surface area contributed by atoms with E-state index in [1.54, 1.807) is 0 Å². The van der Waals surface area contributed by atoms with Crippen LogP contribution in [0.3, 0.4) is 0 Å². The zero-order valence-electron chi connectivity index (χ0n) is 17.1. The standard InChI is InChI=1S/C20H16Cl2F3N5O3S/c21-12-2-1-10(7-11(12)20(23,24)25)30-19(33)14-8-27-15(34-14)4-3-13(32)17-16(22)18(26-5-6-31)29-9-28-17/h1-2,7-9,31H,3-6H2,(H,30,33)(H,26,28,29). The summed E-state index contributed by atoms with van der Waals surface area (Å²) in [5, 5.41) is 14.1. The Bertz CT molecular complexity index is 1210. The van der Waals surface area contributed by atoms with E-state index in [0.29, 0.717) is 5.01 Å². The van der Waals surface area contributed by atoms with Crippen molar-refractivity contribution in [3.05, 3.63) is 61.9 Å². The number of benzene rings is 1. The monoisotopic (exact) mass is 533 g/mol. The fraction of sp³-hybridized carbons (Fsp3) is 0.250. The van der Waals surface area contributed by atoms with E-state index in [9.17, 15) is 22.8 Å². The Morgan fingerprint density at radius 2 is 1.91 bits per heavy atom. The number of amides is 1. The number of hydrogen-bond acceptors (Lipinski definition) is 8. The number of halogens is 5. The minimum Gasteiger partial charge on any atom is -0.395 e. The predicted molar refractivity (Wildman–Crippen MR) is 122 cm³/mol. The number of nitrogens with one attached hydrogen (secondary N) is 2. The molecule has 0 aliphatic heterocycles. The van der Waals surface area contributed by atoms with Crippen molar-refractivity contribution in [1.82, 2.24) is 15.0 Å². The third-order valence-electron chi connectivity index (χ3n) is 4.33. The van der Waals surface area contributed by atoms with Crippen molar-refractivity contribution in [3.8, 4) is 0 Å². The van der Waals surface area contributed by atoms with E-state index >= 15 is 0 Å². The van der Waals surface area contributed by atoms with Gasteiger partial charge in [-0.05, 0) is 18.2 Å². The van der Waals surface area contributed by atoms with Gasteiger partial charge in [-0.3, -0.25) is 9.59 Å². The maximum absolute atomic E-state index is 13.0. The minimum absolute atomic E-state index is 0.00310. The molecule has 3 aromatic rings. The lowest BCUT2D eigenvalue weighted by molar-refractivity contribution is -0.137. The number of hydrogen-bond donors (Lipinski definition) is 3. The smallest absolute Gasteiger partial charge is 0.395 e. The third-order valence-corrected chi connectivity index (χ3v) is 6.07. The highest BCUT2D eigenvalue weighted by Gasteiger charge is 2.33. The molecule has 0 unspecified atom stereocenters. The quantitative estimate of drug-likeness (QED) is 0.340. The molecule has 1 amide bonds. The van der Waals surface area contributed by atoms with E-state index in [2.05, 4.69) is 25.6 Å². The summed E-state index contributed by atoms with van der Waals surface area (Å²) in [6.07, 6.45) is -2.03. The first-order valence-corrected chi connectivity index (χ1v) is 11.2. The molecule has 0 saturated heterocycles. The molecular weight excluding hydrogens is 518 g/mol. The van der Waals surface area contributed by atoms with Crippen molar-refractivity contribution in [2.75, 3.05) is 23.8 Å². The fourth-order valence-electron chi connectivity index (χ4n) is 2.74. The molecule has 0 aliphatic carbocycles. The minimum atomic E-state index is -4.66. The molecule has 2 heterocycles. The van der Waals surface area contributed by atoms with Crippen molar-refractivity contribution >= 4 is 57.7 Å². The molecule has 1 aromatic carbocycles. The Labute approximate surface area is 205 Å². The zero-order chi connectivity index (χ0) is 24.9.